The normalized spacial score (nSPS) is 13.9. The lowest BCUT2D eigenvalue weighted by atomic mass is 10.1. The Bertz CT molecular complexity index is 1050. The maximum absolute atomic E-state index is 13.7. The van der Waals surface area contributed by atoms with Crippen molar-refractivity contribution in [1.82, 2.24) is 9.55 Å². The number of para-hydroxylation sites is 1. The third-order valence-corrected chi connectivity index (χ3v) is 4.95. The molecule has 1 aliphatic rings. The summed E-state index contributed by atoms with van der Waals surface area (Å²) < 4.78 is 1.74. The van der Waals surface area contributed by atoms with E-state index < -0.39 is 0 Å². The first-order valence-electron chi connectivity index (χ1n) is 9.61. The standard InChI is InChI=1S/C24H23N3O/c1-2-3-16-21-22(19-12-6-4-7-13-19)25-24(26-17-10-11-18-26)27(23(21)28)20-14-8-5-9-15-20/h2-9,12-16H,1,10-11,17-18H2/b16-3+. The maximum atomic E-state index is 13.7. The van der Waals surface area contributed by atoms with Crippen molar-refractivity contribution in [3.8, 4) is 16.9 Å². The number of rotatable bonds is 5. The zero-order chi connectivity index (χ0) is 19.3. The van der Waals surface area contributed by atoms with Crippen LogP contribution in [-0.2, 0) is 0 Å². The molecule has 2 aromatic carbocycles. The average Bonchev–Trinajstić information content (AvgIpc) is 3.28. The van der Waals surface area contributed by atoms with E-state index in [-0.39, 0.29) is 5.56 Å². The number of aromatic nitrogens is 2. The molecule has 1 fully saturated rings. The van der Waals surface area contributed by atoms with Gasteiger partial charge in [0.2, 0.25) is 5.95 Å². The molecule has 4 nitrogen and oxygen atoms in total. The second kappa shape index (κ2) is 8.09. The molecule has 0 unspecified atom stereocenters. The maximum Gasteiger partial charge on any atom is 0.267 e. The van der Waals surface area contributed by atoms with Crippen LogP contribution in [0.4, 0.5) is 5.95 Å². The SMILES string of the molecule is C=C/C=C/c1c(-c2ccccc2)nc(N2CCCC2)n(-c2ccccc2)c1=O. The molecular formula is C24H23N3O. The molecule has 1 saturated heterocycles. The molecule has 0 N–H and O–H groups in total. The first-order valence-corrected chi connectivity index (χ1v) is 9.61. The van der Waals surface area contributed by atoms with E-state index in [4.69, 9.17) is 4.98 Å². The Balaban J connectivity index is 2.04. The zero-order valence-corrected chi connectivity index (χ0v) is 15.8. The summed E-state index contributed by atoms with van der Waals surface area (Å²) in [6.07, 6.45) is 7.50. The first-order chi connectivity index (χ1) is 13.8. The molecule has 28 heavy (non-hydrogen) atoms. The molecule has 0 saturated carbocycles. The average molecular weight is 369 g/mol. The summed E-state index contributed by atoms with van der Waals surface area (Å²) in [5.41, 5.74) is 2.97. The molecule has 0 aliphatic carbocycles. The van der Waals surface area contributed by atoms with Gasteiger partial charge in [0.1, 0.15) is 0 Å². The zero-order valence-electron chi connectivity index (χ0n) is 15.8. The molecule has 0 radical (unpaired) electrons. The summed E-state index contributed by atoms with van der Waals surface area (Å²) in [4.78, 5) is 20.9. The summed E-state index contributed by atoms with van der Waals surface area (Å²) in [6, 6.07) is 19.6. The van der Waals surface area contributed by atoms with Crippen molar-refractivity contribution in [1.29, 1.82) is 0 Å². The van der Waals surface area contributed by atoms with E-state index >= 15 is 0 Å². The van der Waals surface area contributed by atoms with Gasteiger partial charge in [-0.3, -0.25) is 4.79 Å². The van der Waals surface area contributed by atoms with E-state index in [2.05, 4.69) is 11.5 Å². The van der Waals surface area contributed by atoms with Crippen molar-refractivity contribution in [2.24, 2.45) is 0 Å². The van der Waals surface area contributed by atoms with Gasteiger partial charge in [-0.05, 0) is 31.1 Å². The highest BCUT2D eigenvalue weighted by Crippen LogP contribution is 2.27. The largest absolute Gasteiger partial charge is 0.342 e. The summed E-state index contributed by atoms with van der Waals surface area (Å²) in [5.74, 6) is 0.711. The number of anilines is 1. The molecule has 1 aliphatic heterocycles. The molecular weight excluding hydrogens is 346 g/mol. The monoisotopic (exact) mass is 369 g/mol. The predicted molar refractivity (Wildman–Crippen MR) is 116 cm³/mol. The van der Waals surface area contributed by atoms with Crippen LogP contribution in [0.2, 0.25) is 0 Å². The quantitative estimate of drug-likeness (QED) is 0.612. The fourth-order valence-electron chi connectivity index (χ4n) is 3.59. The Labute approximate surface area is 165 Å². The lowest BCUT2D eigenvalue weighted by molar-refractivity contribution is 0.827. The highest BCUT2D eigenvalue weighted by atomic mass is 16.1. The summed E-state index contributed by atoms with van der Waals surface area (Å²) >= 11 is 0. The van der Waals surface area contributed by atoms with Crippen LogP contribution in [-0.4, -0.2) is 22.6 Å². The smallest absolute Gasteiger partial charge is 0.267 e. The minimum atomic E-state index is -0.0694. The van der Waals surface area contributed by atoms with E-state index in [1.807, 2.05) is 60.7 Å². The predicted octanol–water partition coefficient (Wildman–Crippen LogP) is 4.70. The van der Waals surface area contributed by atoms with Gasteiger partial charge >= 0.3 is 0 Å². The summed E-state index contributed by atoms with van der Waals surface area (Å²) in [6.45, 7) is 5.57. The topological polar surface area (TPSA) is 38.1 Å². The Morgan fingerprint density at radius 1 is 0.929 bits per heavy atom. The van der Waals surface area contributed by atoms with Gasteiger partial charge in [-0.1, -0.05) is 67.3 Å². The van der Waals surface area contributed by atoms with Crippen molar-refractivity contribution in [3.63, 3.8) is 0 Å². The Kier molecular flexibility index (Phi) is 5.20. The van der Waals surface area contributed by atoms with Gasteiger partial charge in [-0.15, -0.1) is 0 Å². The van der Waals surface area contributed by atoms with E-state index in [1.54, 1.807) is 22.8 Å². The molecule has 0 bridgehead atoms. The molecule has 1 aromatic heterocycles. The molecule has 4 rings (SSSR count). The highest BCUT2D eigenvalue weighted by Gasteiger charge is 2.23. The van der Waals surface area contributed by atoms with Gasteiger partial charge in [0.15, 0.2) is 0 Å². The van der Waals surface area contributed by atoms with Crippen molar-refractivity contribution < 1.29 is 0 Å². The molecule has 2 heterocycles. The highest BCUT2D eigenvalue weighted by molar-refractivity contribution is 5.73. The van der Waals surface area contributed by atoms with E-state index in [1.165, 1.54) is 0 Å². The molecule has 4 heteroatoms. The van der Waals surface area contributed by atoms with Gasteiger partial charge < -0.3 is 4.90 Å². The van der Waals surface area contributed by atoms with Crippen LogP contribution in [0.15, 0.2) is 84.2 Å². The van der Waals surface area contributed by atoms with Crippen LogP contribution < -0.4 is 10.5 Å². The van der Waals surface area contributed by atoms with Crippen LogP contribution in [0.5, 0.6) is 0 Å². The van der Waals surface area contributed by atoms with Crippen LogP contribution in [0.3, 0.4) is 0 Å². The minimum absolute atomic E-state index is 0.0694. The number of benzene rings is 2. The first kappa shape index (κ1) is 18.0. The lowest BCUT2D eigenvalue weighted by Gasteiger charge is -2.23. The fourth-order valence-corrected chi connectivity index (χ4v) is 3.59. The van der Waals surface area contributed by atoms with E-state index in [0.717, 1.165) is 37.2 Å². The Hall–Kier alpha value is -3.40. The van der Waals surface area contributed by atoms with Gasteiger partial charge in [0.05, 0.1) is 16.9 Å². The van der Waals surface area contributed by atoms with Crippen LogP contribution in [0.25, 0.3) is 23.0 Å². The third kappa shape index (κ3) is 3.41. The van der Waals surface area contributed by atoms with Gasteiger partial charge in [0.25, 0.3) is 5.56 Å². The molecule has 0 amide bonds. The van der Waals surface area contributed by atoms with Gasteiger partial charge in [-0.25, -0.2) is 9.55 Å². The van der Waals surface area contributed by atoms with Gasteiger partial charge in [0, 0.05) is 18.7 Å². The molecule has 0 atom stereocenters. The number of nitrogens with zero attached hydrogens (tertiary/aromatic N) is 3. The van der Waals surface area contributed by atoms with Crippen molar-refractivity contribution in [2.45, 2.75) is 12.8 Å². The summed E-state index contributed by atoms with van der Waals surface area (Å²) in [7, 11) is 0. The van der Waals surface area contributed by atoms with Crippen LogP contribution in [0, 0.1) is 0 Å². The molecule has 3 aromatic rings. The summed E-state index contributed by atoms with van der Waals surface area (Å²) in [5, 5.41) is 0. The molecule has 0 spiro atoms. The second-order valence-corrected chi connectivity index (χ2v) is 6.81. The van der Waals surface area contributed by atoms with Crippen molar-refractivity contribution in [2.75, 3.05) is 18.0 Å². The molecule has 140 valence electrons. The van der Waals surface area contributed by atoms with Crippen LogP contribution >= 0.6 is 0 Å². The number of hydrogen-bond acceptors (Lipinski definition) is 3. The van der Waals surface area contributed by atoms with Crippen molar-refractivity contribution >= 4 is 12.0 Å². The van der Waals surface area contributed by atoms with E-state index in [0.29, 0.717) is 17.2 Å². The second-order valence-electron chi connectivity index (χ2n) is 6.81. The number of hydrogen-bond donors (Lipinski definition) is 0. The fraction of sp³-hybridized carbons (Fsp3) is 0.167. The van der Waals surface area contributed by atoms with E-state index in [9.17, 15) is 4.79 Å². The number of allylic oxidation sites excluding steroid dienone is 2. The van der Waals surface area contributed by atoms with Crippen LogP contribution in [0.1, 0.15) is 18.4 Å². The van der Waals surface area contributed by atoms with Gasteiger partial charge in [-0.2, -0.15) is 0 Å². The lowest BCUT2D eigenvalue weighted by Crippen LogP contribution is -2.32. The Morgan fingerprint density at radius 2 is 1.57 bits per heavy atom. The third-order valence-electron chi connectivity index (χ3n) is 4.95. The van der Waals surface area contributed by atoms with Crippen molar-refractivity contribution in [3.05, 3.63) is 95.3 Å². The Morgan fingerprint density at radius 3 is 2.21 bits per heavy atom. The minimum Gasteiger partial charge on any atom is -0.342 e.